The highest BCUT2D eigenvalue weighted by molar-refractivity contribution is 7.89. The first-order chi connectivity index (χ1) is 10.2. The molecule has 23 heavy (non-hydrogen) atoms. The van der Waals surface area contributed by atoms with Crippen LogP contribution in [0, 0.1) is 0 Å². The summed E-state index contributed by atoms with van der Waals surface area (Å²) < 4.78 is 65.5. The Morgan fingerprint density at radius 2 is 1.83 bits per heavy atom. The number of hydrogen-bond acceptors (Lipinski definition) is 3. The molecule has 1 saturated heterocycles. The number of halogens is 5. The second kappa shape index (κ2) is 7.57. The summed E-state index contributed by atoms with van der Waals surface area (Å²) in [7, 11) is -2.52. The van der Waals surface area contributed by atoms with Gasteiger partial charge in [0, 0.05) is 19.1 Å². The predicted molar refractivity (Wildman–Crippen MR) is 84.5 cm³/mol. The number of sulfonamides is 1. The molecular formula is C13H17Cl2F3N2O2S. The first-order valence-corrected chi connectivity index (χ1v) is 8.53. The fourth-order valence-electron chi connectivity index (χ4n) is 2.51. The first kappa shape index (κ1) is 20.5. The quantitative estimate of drug-likeness (QED) is 0.859. The van der Waals surface area contributed by atoms with E-state index >= 15 is 0 Å². The zero-order valence-corrected chi connectivity index (χ0v) is 14.6. The summed E-state index contributed by atoms with van der Waals surface area (Å²) in [6.07, 6.45) is -3.69. The van der Waals surface area contributed by atoms with Crippen molar-refractivity contribution in [3.05, 3.63) is 28.8 Å². The van der Waals surface area contributed by atoms with Gasteiger partial charge >= 0.3 is 6.18 Å². The van der Waals surface area contributed by atoms with Crippen molar-refractivity contribution < 1.29 is 21.6 Å². The molecule has 1 fully saturated rings. The predicted octanol–water partition coefficient (Wildman–Crippen LogP) is 3.15. The lowest BCUT2D eigenvalue weighted by molar-refractivity contribution is -0.139. The van der Waals surface area contributed by atoms with Crippen LogP contribution in [0.4, 0.5) is 13.2 Å². The van der Waals surface area contributed by atoms with Gasteiger partial charge in [0.25, 0.3) is 0 Å². The number of hydrogen-bond donors (Lipinski definition) is 1. The molecule has 1 N–H and O–H groups in total. The number of rotatable bonds is 3. The Kier molecular flexibility index (Phi) is 6.74. The van der Waals surface area contributed by atoms with Crippen LogP contribution in [0.15, 0.2) is 23.1 Å². The maximum Gasteiger partial charge on any atom is 0.417 e. The van der Waals surface area contributed by atoms with E-state index in [2.05, 4.69) is 5.32 Å². The van der Waals surface area contributed by atoms with Crippen LogP contribution in [0.2, 0.25) is 5.02 Å². The van der Waals surface area contributed by atoms with Crippen molar-refractivity contribution in [1.29, 1.82) is 0 Å². The van der Waals surface area contributed by atoms with E-state index in [0.29, 0.717) is 12.8 Å². The topological polar surface area (TPSA) is 49.4 Å². The van der Waals surface area contributed by atoms with Crippen molar-refractivity contribution in [2.45, 2.75) is 30.0 Å². The monoisotopic (exact) mass is 392 g/mol. The van der Waals surface area contributed by atoms with Gasteiger partial charge in [0.05, 0.1) is 10.6 Å². The van der Waals surface area contributed by atoms with Gasteiger partial charge < -0.3 is 5.32 Å². The minimum absolute atomic E-state index is 0. The molecule has 10 heteroatoms. The zero-order valence-electron chi connectivity index (χ0n) is 12.2. The summed E-state index contributed by atoms with van der Waals surface area (Å²) in [5, 5.41) is 2.62. The summed E-state index contributed by atoms with van der Waals surface area (Å²) >= 11 is 5.78. The summed E-state index contributed by atoms with van der Waals surface area (Å²) in [6, 6.07) is 3.15. The largest absolute Gasteiger partial charge is 0.417 e. The molecule has 0 radical (unpaired) electrons. The molecule has 4 nitrogen and oxygen atoms in total. The van der Waals surface area contributed by atoms with Crippen LogP contribution in [0.3, 0.4) is 0 Å². The van der Waals surface area contributed by atoms with Gasteiger partial charge in [0.2, 0.25) is 10.0 Å². The zero-order chi connectivity index (χ0) is 16.5. The van der Waals surface area contributed by atoms with E-state index in [1.807, 2.05) is 0 Å². The van der Waals surface area contributed by atoms with E-state index in [9.17, 15) is 21.6 Å². The van der Waals surface area contributed by atoms with Gasteiger partial charge in [-0.05, 0) is 32.0 Å². The highest BCUT2D eigenvalue weighted by Gasteiger charge is 2.41. The molecule has 0 unspecified atom stereocenters. The average Bonchev–Trinajstić information content (AvgIpc) is 2.46. The maximum atomic E-state index is 13.1. The van der Waals surface area contributed by atoms with E-state index in [1.54, 1.807) is 7.05 Å². The van der Waals surface area contributed by atoms with Gasteiger partial charge in [-0.1, -0.05) is 17.7 Å². The van der Waals surface area contributed by atoms with Crippen LogP contribution in [-0.2, 0) is 16.2 Å². The minimum Gasteiger partial charge on any atom is -0.317 e. The molecular weight excluding hydrogens is 376 g/mol. The molecule has 1 aliphatic rings. The lowest BCUT2D eigenvalue weighted by Crippen LogP contribution is -2.44. The number of alkyl halides is 3. The number of nitrogens with zero attached hydrogens (tertiary/aromatic N) is 1. The molecule has 2 rings (SSSR count). The summed E-state index contributed by atoms with van der Waals surface area (Å²) in [5.41, 5.74) is -1.23. The molecule has 0 aromatic heterocycles. The second-order valence-electron chi connectivity index (χ2n) is 5.08. The van der Waals surface area contributed by atoms with Crippen molar-refractivity contribution in [1.82, 2.24) is 9.62 Å². The minimum atomic E-state index is -4.78. The van der Waals surface area contributed by atoms with Crippen LogP contribution in [-0.4, -0.2) is 38.9 Å². The Morgan fingerprint density at radius 3 is 2.30 bits per heavy atom. The third-order valence-corrected chi connectivity index (χ3v) is 6.16. The van der Waals surface area contributed by atoms with Crippen LogP contribution >= 0.6 is 24.0 Å². The molecule has 132 valence electrons. The third kappa shape index (κ3) is 4.30. The van der Waals surface area contributed by atoms with Gasteiger partial charge in [-0.25, -0.2) is 8.42 Å². The van der Waals surface area contributed by atoms with Crippen molar-refractivity contribution in [2.75, 3.05) is 20.1 Å². The molecule has 1 heterocycles. The Labute approximate surface area is 144 Å². The molecule has 1 aromatic rings. The Balaban J connectivity index is 0.00000264. The van der Waals surface area contributed by atoms with Crippen molar-refractivity contribution in [2.24, 2.45) is 0 Å². The molecule has 0 aliphatic carbocycles. The summed E-state index contributed by atoms with van der Waals surface area (Å²) in [4.78, 5) is -0.855. The normalized spacial score (nSPS) is 17.8. The maximum absolute atomic E-state index is 13.1. The SMILES string of the molecule is CNC1CCN(S(=O)(=O)c2c(Cl)cccc2C(F)(F)F)CC1.Cl. The average molecular weight is 393 g/mol. The van der Waals surface area contributed by atoms with Gasteiger partial charge in [-0.2, -0.15) is 17.5 Å². The fourth-order valence-corrected chi connectivity index (χ4v) is 4.70. The highest BCUT2D eigenvalue weighted by Crippen LogP contribution is 2.39. The molecule has 1 aliphatic heterocycles. The molecule has 0 atom stereocenters. The molecule has 0 bridgehead atoms. The molecule has 1 aromatic carbocycles. The van der Waals surface area contributed by atoms with E-state index < -0.39 is 31.7 Å². The Morgan fingerprint density at radius 1 is 1.26 bits per heavy atom. The fraction of sp³-hybridized carbons (Fsp3) is 0.538. The standard InChI is InChI=1S/C13H16ClF3N2O2S.ClH/c1-18-9-5-7-19(8-6-9)22(20,21)12-10(13(15,16)17)3-2-4-11(12)14;/h2-4,9,18H,5-8H2,1H3;1H. The first-order valence-electron chi connectivity index (χ1n) is 6.71. The van der Waals surface area contributed by atoms with E-state index in [4.69, 9.17) is 11.6 Å². The molecule has 0 saturated carbocycles. The van der Waals surface area contributed by atoms with Crippen LogP contribution in [0.1, 0.15) is 18.4 Å². The number of benzene rings is 1. The number of piperidine rings is 1. The molecule has 0 spiro atoms. The van der Waals surface area contributed by atoms with Gasteiger partial charge in [-0.15, -0.1) is 12.4 Å². The summed E-state index contributed by atoms with van der Waals surface area (Å²) in [6.45, 7) is 0.326. The van der Waals surface area contributed by atoms with Gasteiger partial charge in [0.1, 0.15) is 4.90 Å². The summed E-state index contributed by atoms with van der Waals surface area (Å²) in [5.74, 6) is 0. The van der Waals surface area contributed by atoms with Crippen LogP contribution in [0.5, 0.6) is 0 Å². The lowest BCUT2D eigenvalue weighted by atomic mass is 10.1. The van der Waals surface area contributed by atoms with Gasteiger partial charge in [-0.3, -0.25) is 0 Å². The van der Waals surface area contributed by atoms with Gasteiger partial charge in [0.15, 0.2) is 0 Å². The van der Waals surface area contributed by atoms with Crippen molar-refractivity contribution in [3.63, 3.8) is 0 Å². The van der Waals surface area contributed by atoms with Crippen molar-refractivity contribution >= 4 is 34.0 Å². The lowest BCUT2D eigenvalue weighted by Gasteiger charge is -2.31. The molecule has 0 amide bonds. The van der Waals surface area contributed by atoms with E-state index in [1.165, 1.54) is 0 Å². The Hall–Kier alpha value is -0.540. The van der Waals surface area contributed by atoms with E-state index in [-0.39, 0.29) is 31.5 Å². The number of nitrogens with one attached hydrogen (secondary N) is 1. The van der Waals surface area contributed by atoms with Crippen LogP contribution < -0.4 is 5.32 Å². The smallest absolute Gasteiger partial charge is 0.317 e. The third-order valence-electron chi connectivity index (χ3n) is 3.73. The van der Waals surface area contributed by atoms with Crippen LogP contribution in [0.25, 0.3) is 0 Å². The second-order valence-corrected chi connectivity index (χ2v) is 7.36. The van der Waals surface area contributed by atoms with Crippen molar-refractivity contribution in [3.8, 4) is 0 Å². The van der Waals surface area contributed by atoms with E-state index in [0.717, 1.165) is 22.5 Å². The Bertz CT molecular complexity index is 645. The highest BCUT2D eigenvalue weighted by atomic mass is 35.5.